The van der Waals surface area contributed by atoms with E-state index in [-0.39, 0.29) is 0 Å². The SMILES string of the molecule is CCC1(C)CCCCC1.CCc1nn(CC)c(C2CCN(C[C@@H](CC)C(CC)c3cccc(C)c3)CC2)c1C.CCl.CS. The molecule has 4 rings (SSSR count). The Morgan fingerprint density at radius 1 is 0.953 bits per heavy atom. The topological polar surface area (TPSA) is 21.1 Å². The normalized spacial score (nSPS) is 18.2. The molecule has 1 aliphatic carbocycles. The zero-order valence-electron chi connectivity index (χ0n) is 29.8. The molecule has 2 fully saturated rings. The van der Waals surface area contributed by atoms with Gasteiger partial charge in [0.25, 0.3) is 0 Å². The molecule has 1 saturated carbocycles. The zero-order valence-corrected chi connectivity index (χ0v) is 31.5. The van der Waals surface area contributed by atoms with Gasteiger partial charge in [0.05, 0.1) is 5.69 Å². The van der Waals surface area contributed by atoms with E-state index in [1.54, 1.807) is 6.26 Å². The van der Waals surface area contributed by atoms with Gasteiger partial charge in [-0.2, -0.15) is 17.7 Å². The number of aryl methyl sites for hydroxylation is 3. The molecule has 1 aromatic carbocycles. The molecule has 43 heavy (non-hydrogen) atoms. The van der Waals surface area contributed by atoms with Crippen molar-refractivity contribution in [2.75, 3.05) is 32.3 Å². The molecule has 2 aliphatic rings. The molecule has 1 saturated heterocycles. The van der Waals surface area contributed by atoms with Crippen molar-refractivity contribution in [3.8, 4) is 0 Å². The summed E-state index contributed by atoms with van der Waals surface area (Å²) in [6.07, 6.45) is 18.0. The van der Waals surface area contributed by atoms with Crippen molar-refractivity contribution < 1.29 is 0 Å². The van der Waals surface area contributed by atoms with Crippen LogP contribution in [0.15, 0.2) is 24.3 Å². The van der Waals surface area contributed by atoms with Crippen LogP contribution in [0.5, 0.6) is 0 Å². The van der Waals surface area contributed by atoms with Crippen LogP contribution in [-0.4, -0.2) is 47.0 Å². The number of alkyl halides is 1. The molecule has 3 nitrogen and oxygen atoms in total. The maximum absolute atomic E-state index is 4.88. The summed E-state index contributed by atoms with van der Waals surface area (Å²) in [5, 5.41) is 4.88. The molecule has 2 aromatic rings. The van der Waals surface area contributed by atoms with Crippen molar-refractivity contribution in [2.45, 2.75) is 144 Å². The summed E-state index contributed by atoms with van der Waals surface area (Å²) in [4.78, 5) is 2.74. The van der Waals surface area contributed by atoms with Crippen molar-refractivity contribution in [1.29, 1.82) is 0 Å². The smallest absolute Gasteiger partial charge is 0.0654 e. The zero-order chi connectivity index (χ0) is 32.4. The van der Waals surface area contributed by atoms with Crippen LogP contribution in [0.2, 0.25) is 0 Å². The molecule has 0 N–H and O–H groups in total. The van der Waals surface area contributed by atoms with Crippen LogP contribution in [0, 0.1) is 25.2 Å². The first-order valence-corrected chi connectivity index (χ1v) is 19.1. The first-order valence-electron chi connectivity index (χ1n) is 17.5. The minimum absolute atomic E-state index is 0.670. The van der Waals surface area contributed by atoms with Gasteiger partial charge in [0, 0.05) is 31.1 Å². The Morgan fingerprint density at radius 3 is 2.05 bits per heavy atom. The maximum atomic E-state index is 4.88. The lowest BCUT2D eigenvalue weighted by Gasteiger charge is -2.37. The molecule has 2 heterocycles. The molecule has 0 radical (unpaired) electrons. The van der Waals surface area contributed by atoms with Gasteiger partial charge in [-0.1, -0.05) is 96.6 Å². The maximum Gasteiger partial charge on any atom is 0.0654 e. The standard InChI is InChI=1S/C27H43N3.C9H18.CH3Cl.CH4S/c1-7-22(25(8-2)24-13-11-12-20(5)18-24)19-29-16-14-23(15-17-29)27-21(6)26(9-3)28-30(27)10-4;1-3-9(2)7-5-4-6-8-9;2*1-2/h11-13,18,22-23,25H,7-10,14-17,19H2,1-6H3;3-8H2,1-2H3;1H3;2H,1H3/t22-,25?;;;/m1.../s1. The van der Waals surface area contributed by atoms with Gasteiger partial charge in [0.1, 0.15) is 0 Å². The lowest BCUT2D eigenvalue weighted by Crippen LogP contribution is -2.38. The van der Waals surface area contributed by atoms with Gasteiger partial charge in [-0.3, -0.25) is 4.68 Å². The fourth-order valence-electron chi connectivity index (χ4n) is 7.47. The molecular formula is C38H68ClN3S. The summed E-state index contributed by atoms with van der Waals surface area (Å²) in [6, 6.07) is 9.20. The van der Waals surface area contributed by atoms with E-state index >= 15 is 0 Å². The quantitative estimate of drug-likeness (QED) is 0.207. The van der Waals surface area contributed by atoms with Crippen LogP contribution >= 0.6 is 24.2 Å². The molecule has 1 aromatic heterocycles. The second kappa shape index (κ2) is 21.7. The fourth-order valence-corrected chi connectivity index (χ4v) is 7.47. The Morgan fingerprint density at radius 2 is 1.58 bits per heavy atom. The number of rotatable bonds is 10. The van der Waals surface area contributed by atoms with Gasteiger partial charge in [0.15, 0.2) is 0 Å². The van der Waals surface area contributed by atoms with Crippen LogP contribution in [0.3, 0.4) is 0 Å². The van der Waals surface area contributed by atoms with Crippen molar-refractivity contribution in [3.05, 3.63) is 52.3 Å². The summed E-state index contributed by atoms with van der Waals surface area (Å²) in [5.41, 5.74) is 7.91. The van der Waals surface area contributed by atoms with E-state index in [1.165, 1.54) is 118 Å². The highest BCUT2D eigenvalue weighted by Gasteiger charge is 2.29. The monoisotopic (exact) mass is 633 g/mol. The van der Waals surface area contributed by atoms with E-state index in [4.69, 9.17) is 5.10 Å². The molecule has 0 amide bonds. The summed E-state index contributed by atoms with van der Waals surface area (Å²) < 4.78 is 2.29. The predicted molar refractivity (Wildman–Crippen MR) is 197 cm³/mol. The average molecular weight is 635 g/mol. The summed E-state index contributed by atoms with van der Waals surface area (Å²) >= 11 is 8.17. The Bertz CT molecular complexity index is 989. The Hall–Kier alpha value is -0.970. The molecule has 5 heteroatoms. The Labute approximate surface area is 278 Å². The summed E-state index contributed by atoms with van der Waals surface area (Å²) in [6.45, 7) is 23.1. The Balaban J connectivity index is 0.000000597. The molecular weight excluding hydrogens is 566 g/mol. The third-order valence-electron chi connectivity index (χ3n) is 10.4. The largest absolute Gasteiger partial charge is 0.303 e. The minimum Gasteiger partial charge on any atom is -0.303 e. The highest BCUT2D eigenvalue weighted by Crippen LogP contribution is 2.38. The second-order valence-corrected chi connectivity index (χ2v) is 13.0. The lowest BCUT2D eigenvalue weighted by atomic mass is 9.74. The second-order valence-electron chi connectivity index (χ2n) is 13.0. The van der Waals surface area contributed by atoms with Gasteiger partial charge in [-0.15, -0.1) is 11.6 Å². The summed E-state index contributed by atoms with van der Waals surface area (Å²) in [5.74, 6) is 2.08. The number of thiol groups is 1. The van der Waals surface area contributed by atoms with E-state index < -0.39 is 0 Å². The number of likely N-dealkylation sites (tertiary alicyclic amines) is 1. The number of nitrogens with zero attached hydrogens (tertiary/aromatic N) is 3. The molecule has 1 unspecified atom stereocenters. The van der Waals surface area contributed by atoms with Crippen LogP contribution < -0.4 is 0 Å². The predicted octanol–water partition coefficient (Wildman–Crippen LogP) is 11.2. The summed E-state index contributed by atoms with van der Waals surface area (Å²) in [7, 11) is 0. The van der Waals surface area contributed by atoms with Crippen molar-refractivity contribution >= 4 is 24.2 Å². The van der Waals surface area contributed by atoms with Crippen LogP contribution in [0.4, 0.5) is 0 Å². The number of halogens is 1. The third kappa shape index (κ3) is 12.0. The average Bonchev–Trinajstić information content (AvgIpc) is 3.39. The van der Waals surface area contributed by atoms with Crippen LogP contribution in [0.25, 0.3) is 0 Å². The molecule has 1 aliphatic heterocycles. The minimum atomic E-state index is 0.670. The number of hydrogen-bond donors (Lipinski definition) is 1. The van der Waals surface area contributed by atoms with E-state index in [9.17, 15) is 0 Å². The third-order valence-corrected chi connectivity index (χ3v) is 10.4. The number of benzene rings is 1. The number of piperidine rings is 1. The van der Waals surface area contributed by atoms with Crippen LogP contribution in [0.1, 0.15) is 146 Å². The molecule has 0 spiro atoms. The van der Waals surface area contributed by atoms with Crippen LogP contribution in [-0.2, 0) is 13.0 Å². The van der Waals surface area contributed by atoms with E-state index in [0.29, 0.717) is 11.8 Å². The fraction of sp³-hybridized carbons (Fsp3) is 0.763. The highest BCUT2D eigenvalue weighted by atomic mass is 35.5. The first kappa shape index (κ1) is 40.1. The van der Waals surface area contributed by atoms with Gasteiger partial charge in [-0.25, -0.2) is 0 Å². The van der Waals surface area contributed by atoms with Crippen molar-refractivity contribution in [2.24, 2.45) is 11.3 Å². The molecule has 248 valence electrons. The van der Waals surface area contributed by atoms with Gasteiger partial charge < -0.3 is 4.90 Å². The number of hydrogen-bond acceptors (Lipinski definition) is 3. The van der Waals surface area contributed by atoms with Gasteiger partial charge in [-0.05, 0) is 107 Å². The van der Waals surface area contributed by atoms with Crippen molar-refractivity contribution in [1.82, 2.24) is 14.7 Å². The lowest BCUT2D eigenvalue weighted by molar-refractivity contribution is 0.165. The van der Waals surface area contributed by atoms with Gasteiger partial charge in [0.2, 0.25) is 0 Å². The molecule has 2 atom stereocenters. The Kier molecular flexibility index (Phi) is 20.2. The number of aromatic nitrogens is 2. The van der Waals surface area contributed by atoms with E-state index in [0.717, 1.165) is 24.3 Å². The van der Waals surface area contributed by atoms with E-state index in [2.05, 4.69) is 113 Å². The van der Waals surface area contributed by atoms with Gasteiger partial charge >= 0.3 is 0 Å². The first-order chi connectivity index (χ1) is 20.8. The highest BCUT2D eigenvalue weighted by molar-refractivity contribution is 7.79. The van der Waals surface area contributed by atoms with E-state index in [1.807, 2.05) is 0 Å². The van der Waals surface area contributed by atoms with Crippen molar-refractivity contribution in [3.63, 3.8) is 0 Å². The molecule has 0 bridgehead atoms.